The average molecular weight is 338 g/mol. The van der Waals surface area contributed by atoms with Gasteiger partial charge in [0.15, 0.2) is 0 Å². The Morgan fingerprint density at radius 1 is 1.48 bits per heavy atom. The maximum absolute atomic E-state index is 13.5. The Balaban J connectivity index is 2.33. The van der Waals surface area contributed by atoms with Crippen LogP contribution in [0.2, 0.25) is 0 Å². The molecule has 0 spiro atoms. The van der Waals surface area contributed by atoms with Gasteiger partial charge in [-0.2, -0.15) is 0 Å². The highest BCUT2D eigenvalue weighted by Crippen LogP contribution is 2.41. The zero-order valence-electron chi connectivity index (χ0n) is 13.7. The number of carbonyl (C=O) groups is 2. The van der Waals surface area contributed by atoms with Gasteiger partial charge in [0.05, 0.1) is 5.75 Å². The van der Waals surface area contributed by atoms with Gasteiger partial charge in [-0.3, -0.25) is 9.59 Å². The number of nitrogens with zero attached hydrogens (tertiary/aromatic N) is 1. The van der Waals surface area contributed by atoms with Gasteiger partial charge in [0, 0.05) is 6.54 Å². The molecule has 126 valence electrons. The van der Waals surface area contributed by atoms with Crippen molar-refractivity contribution < 1.29 is 14.0 Å². The zero-order valence-corrected chi connectivity index (χ0v) is 14.5. The largest absolute Gasteiger partial charge is 0.355 e. The van der Waals surface area contributed by atoms with Crippen molar-refractivity contribution in [2.45, 2.75) is 38.6 Å². The first-order valence-electron chi connectivity index (χ1n) is 7.90. The van der Waals surface area contributed by atoms with Gasteiger partial charge in [0.2, 0.25) is 11.8 Å². The summed E-state index contributed by atoms with van der Waals surface area (Å²) in [7, 11) is 0. The molecule has 1 aromatic rings. The molecule has 1 saturated heterocycles. The fourth-order valence-corrected chi connectivity index (χ4v) is 3.99. The van der Waals surface area contributed by atoms with E-state index < -0.39 is 6.04 Å². The van der Waals surface area contributed by atoms with Crippen LogP contribution in [0.3, 0.4) is 0 Å². The Morgan fingerprint density at radius 3 is 2.83 bits per heavy atom. The van der Waals surface area contributed by atoms with Crippen molar-refractivity contribution in [3.8, 4) is 0 Å². The van der Waals surface area contributed by atoms with Crippen LogP contribution in [0.15, 0.2) is 24.3 Å². The van der Waals surface area contributed by atoms with Crippen LogP contribution < -0.4 is 5.32 Å². The molecule has 0 unspecified atom stereocenters. The number of hydrogen-bond acceptors (Lipinski definition) is 3. The van der Waals surface area contributed by atoms with E-state index in [-0.39, 0.29) is 28.9 Å². The lowest BCUT2D eigenvalue weighted by Crippen LogP contribution is -2.49. The molecule has 0 bridgehead atoms. The Labute approximate surface area is 140 Å². The normalized spacial score (nSPS) is 19.3. The molecule has 1 aliphatic rings. The summed E-state index contributed by atoms with van der Waals surface area (Å²) in [4.78, 5) is 26.5. The van der Waals surface area contributed by atoms with Crippen molar-refractivity contribution >= 4 is 23.6 Å². The lowest BCUT2D eigenvalue weighted by atomic mass is 10.0. The van der Waals surface area contributed by atoms with Crippen LogP contribution in [0.25, 0.3) is 0 Å². The summed E-state index contributed by atoms with van der Waals surface area (Å²) in [5.74, 6) is 0.0458. The van der Waals surface area contributed by atoms with Gasteiger partial charge in [-0.1, -0.05) is 26.0 Å². The second kappa shape index (κ2) is 7.81. The lowest BCUT2D eigenvalue weighted by Gasteiger charge is -2.33. The molecule has 1 fully saturated rings. The van der Waals surface area contributed by atoms with E-state index in [9.17, 15) is 14.0 Å². The quantitative estimate of drug-likeness (QED) is 0.867. The summed E-state index contributed by atoms with van der Waals surface area (Å²) >= 11 is 1.44. The smallest absolute Gasteiger partial charge is 0.242 e. The first-order chi connectivity index (χ1) is 10.9. The highest BCUT2D eigenvalue weighted by atomic mass is 32.2. The van der Waals surface area contributed by atoms with Crippen molar-refractivity contribution in [1.82, 2.24) is 10.2 Å². The molecule has 1 heterocycles. The first-order valence-corrected chi connectivity index (χ1v) is 8.94. The van der Waals surface area contributed by atoms with Gasteiger partial charge >= 0.3 is 0 Å². The molecule has 0 aromatic heterocycles. The number of halogens is 1. The molecular formula is C17H23FN2O2S. The van der Waals surface area contributed by atoms with Crippen LogP contribution in [-0.4, -0.2) is 35.1 Å². The monoisotopic (exact) mass is 338 g/mol. The molecule has 23 heavy (non-hydrogen) atoms. The van der Waals surface area contributed by atoms with Gasteiger partial charge in [0.1, 0.15) is 17.2 Å². The fourth-order valence-electron chi connectivity index (χ4n) is 2.78. The summed E-state index contributed by atoms with van der Waals surface area (Å²) < 4.78 is 13.5. The van der Waals surface area contributed by atoms with Crippen LogP contribution in [0, 0.1) is 11.7 Å². The average Bonchev–Trinajstić information content (AvgIpc) is 2.86. The maximum Gasteiger partial charge on any atom is 0.242 e. The number of amides is 2. The summed E-state index contributed by atoms with van der Waals surface area (Å²) in [6.45, 7) is 6.43. The van der Waals surface area contributed by atoms with Gasteiger partial charge in [-0.15, -0.1) is 11.8 Å². The van der Waals surface area contributed by atoms with Gasteiger partial charge in [0.25, 0.3) is 0 Å². The number of likely N-dealkylation sites (N-methyl/N-ethyl adjacent to an activating group) is 1. The van der Waals surface area contributed by atoms with Crippen LogP contribution in [0.1, 0.15) is 38.1 Å². The third-order valence-corrected chi connectivity index (χ3v) is 4.95. The number of thioether (sulfide) groups is 1. The molecular weight excluding hydrogens is 315 g/mol. The van der Waals surface area contributed by atoms with E-state index in [0.717, 1.165) is 5.56 Å². The molecule has 4 nitrogen and oxygen atoms in total. The van der Waals surface area contributed by atoms with Crippen molar-refractivity contribution in [1.29, 1.82) is 0 Å². The van der Waals surface area contributed by atoms with E-state index in [1.54, 1.807) is 17.0 Å². The summed E-state index contributed by atoms with van der Waals surface area (Å²) in [6.07, 6.45) is 0.587. The SMILES string of the molecule is CCNC(=O)[C@H](CC(C)C)N1C(=O)CS[C@@H]1c1cccc(F)c1. The topological polar surface area (TPSA) is 49.4 Å². The van der Waals surface area contributed by atoms with Gasteiger partial charge in [-0.25, -0.2) is 4.39 Å². The van der Waals surface area contributed by atoms with E-state index in [1.165, 1.54) is 23.9 Å². The molecule has 2 rings (SSSR count). The minimum absolute atomic E-state index is 0.0684. The summed E-state index contributed by atoms with van der Waals surface area (Å²) in [6, 6.07) is 5.73. The van der Waals surface area contributed by atoms with Gasteiger partial charge in [-0.05, 0) is 37.0 Å². The fraction of sp³-hybridized carbons (Fsp3) is 0.529. The molecule has 6 heteroatoms. The lowest BCUT2D eigenvalue weighted by molar-refractivity contribution is -0.139. The Hall–Kier alpha value is -1.56. The second-order valence-electron chi connectivity index (χ2n) is 6.06. The van der Waals surface area contributed by atoms with Crippen molar-refractivity contribution in [3.63, 3.8) is 0 Å². The van der Waals surface area contributed by atoms with E-state index in [2.05, 4.69) is 5.32 Å². The molecule has 1 aliphatic heterocycles. The zero-order chi connectivity index (χ0) is 17.0. The number of rotatable bonds is 6. The van der Waals surface area contributed by atoms with Crippen molar-refractivity contribution in [2.75, 3.05) is 12.3 Å². The standard InChI is InChI=1S/C17H23FN2O2S/c1-4-19-16(22)14(8-11(2)3)20-15(21)10-23-17(20)12-6-5-7-13(18)9-12/h5-7,9,11,14,17H,4,8,10H2,1-3H3,(H,19,22)/t14-,17+/m0/s1. The number of hydrogen-bond donors (Lipinski definition) is 1. The predicted molar refractivity (Wildman–Crippen MR) is 90.4 cm³/mol. The number of carbonyl (C=O) groups excluding carboxylic acids is 2. The summed E-state index contributed by atoms with van der Waals surface area (Å²) in [5.41, 5.74) is 0.721. The van der Waals surface area contributed by atoms with E-state index in [4.69, 9.17) is 0 Å². The highest BCUT2D eigenvalue weighted by Gasteiger charge is 2.40. The summed E-state index contributed by atoms with van der Waals surface area (Å²) in [5, 5.41) is 2.50. The van der Waals surface area contributed by atoms with Crippen LogP contribution in [0.4, 0.5) is 4.39 Å². The number of nitrogens with one attached hydrogen (secondary N) is 1. The molecule has 0 saturated carbocycles. The minimum atomic E-state index is -0.522. The first kappa shape index (κ1) is 17.8. The minimum Gasteiger partial charge on any atom is -0.355 e. The van der Waals surface area contributed by atoms with Crippen molar-refractivity contribution in [3.05, 3.63) is 35.6 Å². The Bertz CT molecular complexity index is 579. The van der Waals surface area contributed by atoms with Crippen LogP contribution >= 0.6 is 11.8 Å². The third kappa shape index (κ3) is 4.25. The molecule has 2 atom stereocenters. The van der Waals surface area contributed by atoms with Crippen molar-refractivity contribution in [2.24, 2.45) is 5.92 Å². The van der Waals surface area contributed by atoms with Gasteiger partial charge < -0.3 is 10.2 Å². The van der Waals surface area contributed by atoms with Crippen LogP contribution in [0.5, 0.6) is 0 Å². The highest BCUT2D eigenvalue weighted by molar-refractivity contribution is 8.00. The Kier molecular flexibility index (Phi) is 6.04. The molecule has 0 aliphatic carbocycles. The number of benzene rings is 1. The third-order valence-electron chi connectivity index (χ3n) is 3.72. The maximum atomic E-state index is 13.5. The molecule has 1 N–H and O–H groups in total. The van der Waals surface area contributed by atoms with E-state index >= 15 is 0 Å². The van der Waals surface area contributed by atoms with Crippen LogP contribution in [-0.2, 0) is 9.59 Å². The van der Waals surface area contributed by atoms with E-state index in [0.29, 0.717) is 18.7 Å². The predicted octanol–water partition coefficient (Wildman–Crippen LogP) is 2.95. The molecule has 0 radical (unpaired) electrons. The molecule has 2 amide bonds. The van der Waals surface area contributed by atoms with E-state index in [1.807, 2.05) is 20.8 Å². The molecule has 1 aromatic carbocycles. The second-order valence-corrected chi connectivity index (χ2v) is 7.13. The Morgan fingerprint density at radius 2 is 2.22 bits per heavy atom.